The summed E-state index contributed by atoms with van der Waals surface area (Å²) < 4.78 is 0. The molecule has 0 aliphatic rings. The molecule has 0 fully saturated rings. The van der Waals surface area contributed by atoms with Gasteiger partial charge < -0.3 is 0 Å². The van der Waals surface area contributed by atoms with Crippen molar-refractivity contribution in [1.82, 2.24) is 0 Å². The maximum Gasteiger partial charge on any atom is 0 e. The van der Waals surface area contributed by atoms with Gasteiger partial charge in [-0.05, 0) is 0 Å². The molecule has 57 valence electrons. The first-order valence-corrected chi connectivity index (χ1v) is 4.41. The van der Waals surface area contributed by atoms with Gasteiger partial charge in [-0.3, -0.25) is 0 Å². The first kappa shape index (κ1) is 13.6. The van der Waals surface area contributed by atoms with E-state index in [0.29, 0.717) is 0 Å². The largest absolute Gasteiger partial charge is 0.0654 e. The SMILES string of the molecule is CCCCCCCCC.[Na]. The molecule has 0 saturated carbocycles. The van der Waals surface area contributed by atoms with Crippen LogP contribution in [0.15, 0.2) is 0 Å². The Labute approximate surface area is 88.1 Å². The molecule has 0 nitrogen and oxygen atoms in total. The predicted molar refractivity (Wildman–Crippen MR) is 49.4 cm³/mol. The van der Waals surface area contributed by atoms with E-state index in [1.54, 1.807) is 0 Å². The summed E-state index contributed by atoms with van der Waals surface area (Å²) in [6.45, 7) is 4.53. The fraction of sp³-hybridized carbons (Fsp3) is 1.00. The molecular weight excluding hydrogens is 131 g/mol. The minimum absolute atomic E-state index is 0. The third kappa shape index (κ3) is 11.8. The summed E-state index contributed by atoms with van der Waals surface area (Å²) in [6.07, 6.45) is 9.97. The van der Waals surface area contributed by atoms with Crippen LogP contribution < -0.4 is 0 Å². The second kappa shape index (κ2) is 12.7. The fourth-order valence-corrected chi connectivity index (χ4v) is 1.03. The zero-order chi connectivity index (χ0) is 6.95. The molecule has 0 saturated heterocycles. The smallest absolute Gasteiger partial charge is 0 e. The summed E-state index contributed by atoms with van der Waals surface area (Å²) in [6, 6.07) is 0. The summed E-state index contributed by atoms with van der Waals surface area (Å²) >= 11 is 0. The van der Waals surface area contributed by atoms with Crippen molar-refractivity contribution >= 4 is 29.6 Å². The second-order valence-electron chi connectivity index (χ2n) is 2.77. The van der Waals surface area contributed by atoms with Gasteiger partial charge in [0.15, 0.2) is 0 Å². The molecule has 0 bridgehead atoms. The quantitative estimate of drug-likeness (QED) is 0.403. The molecule has 0 aromatic carbocycles. The van der Waals surface area contributed by atoms with Crippen LogP contribution in [0.4, 0.5) is 0 Å². The van der Waals surface area contributed by atoms with Crippen molar-refractivity contribution < 1.29 is 0 Å². The van der Waals surface area contributed by atoms with Crippen molar-refractivity contribution in [2.45, 2.75) is 58.8 Å². The molecular formula is C9H20Na. The summed E-state index contributed by atoms with van der Waals surface area (Å²) in [5.74, 6) is 0. The molecule has 0 aromatic rings. The van der Waals surface area contributed by atoms with Gasteiger partial charge in [-0.15, -0.1) is 0 Å². The normalized spacial score (nSPS) is 9.00. The van der Waals surface area contributed by atoms with Crippen molar-refractivity contribution in [3.63, 3.8) is 0 Å². The van der Waals surface area contributed by atoms with E-state index in [0.717, 1.165) is 0 Å². The first-order valence-electron chi connectivity index (χ1n) is 4.41. The minimum atomic E-state index is 0. The van der Waals surface area contributed by atoms with Gasteiger partial charge in [0.05, 0.1) is 0 Å². The van der Waals surface area contributed by atoms with Gasteiger partial charge in [-0.25, -0.2) is 0 Å². The molecule has 0 N–H and O–H groups in total. The van der Waals surface area contributed by atoms with Gasteiger partial charge >= 0.3 is 0 Å². The summed E-state index contributed by atoms with van der Waals surface area (Å²) in [4.78, 5) is 0. The number of unbranched alkanes of at least 4 members (excludes halogenated alkanes) is 6. The van der Waals surface area contributed by atoms with E-state index in [2.05, 4.69) is 13.8 Å². The zero-order valence-electron chi connectivity index (χ0n) is 7.95. The maximum absolute atomic E-state index is 2.26. The third-order valence-electron chi connectivity index (χ3n) is 1.71. The Kier molecular flexibility index (Phi) is 17.2. The summed E-state index contributed by atoms with van der Waals surface area (Å²) in [7, 11) is 0. The molecule has 0 atom stereocenters. The topological polar surface area (TPSA) is 0 Å². The van der Waals surface area contributed by atoms with E-state index in [9.17, 15) is 0 Å². The van der Waals surface area contributed by atoms with Crippen LogP contribution in [0.2, 0.25) is 0 Å². The van der Waals surface area contributed by atoms with Crippen LogP contribution in [0.1, 0.15) is 58.8 Å². The Morgan fingerprint density at radius 2 is 0.900 bits per heavy atom. The standard InChI is InChI=1S/C9H20.Na/c1-3-5-7-9-8-6-4-2;/h3-9H2,1-2H3;. The Morgan fingerprint density at radius 3 is 1.20 bits per heavy atom. The van der Waals surface area contributed by atoms with Crippen LogP contribution in [-0.4, -0.2) is 29.6 Å². The molecule has 0 aliphatic carbocycles. The Bertz CT molecular complexity index is 38.0. The van der Waals surface area contributed by atoms with E-state index in [1.807, 2.05) is 0 Å². The van der Waals surface area contributed by atoms with Gasteiger partial charge in [-0.2, -0.15) is 0 Å². The van der Waals surface area contributed by atoms with Crippen molar-refractivity contribution in [3.05, 3.63) is 0 Å². The average molecular weight is 151 g/mol. The molecule has 0 aromatic heterocycles. The summed E-state index contributed by atoms with van der Waals surface area (Å²) in [5.41, 5.74) is 0. The number of hydrogen-bond acceptors (Lipinski definition) is 0. The van der Waals surface area contributed by atoms with E-state index in [1.165, 1.54) is 44.9 Å². The zero-order valence-corrected chi connectivity index (χ0v) is 9.95. The van der Waals surface area contributed by atoms with Gasteiger partial charge in [0.25, 0.3) is 0 Å². The van der Waals surface area contributed by atoms with Crippen LogP contribution in [0.3, 0.4) is 0 Å². The maximum atomic E-state index is 2.26. The Hall–Kier alpha value is 1.00. The minimum Gasteiger partial charge on any atom is -0.0654 e. The van der Waals surface area contributed by atoms with E-state index >= 15 is 0 Å². The molecule has 0 rings (SSSR count). The molecule has 0 heterocycles. The fourth-order valence-electron chi connectivity index (χ4n) is 1.03. The van der Waals surface area contributed by atoms with E-state index in [-0.39, 0.29) is 29.6 Å². The van der Waals surface area contributed by atoms with Crippen LogP contribution in [0, 0.1) is 0 Å². The number of rotatable bonds is 6. The molecule has 1 radical (unpaired) electrons. The molecule has 0 spiro atoms. The van der Waals surface area contributed by atoms with E-state index in [4.69, 9.17) is 0 Å². The van der Waals surface area contributed by atoms with Gasteiger partial charge in [0.2, 0.25) is 0 Å². The molecule has 0 unspecified atom stereocenters. The van der Waals surface area contributed by atoms with Crippen molar-refractivity contribution in [3.8, 4) is 0 Å². The second-order valence-corrected chi connectivity index (χ2v) is 2.77. The van der Waals surface area contributed by atoms with Gasteiger partial charge in [-0.1, -0.05) is 58.8 Å². The Morgan fingerprint density at radius 1 is 0.600 bits per heavy atom. The first-order chi connectivity index (χ1) is 4.41. The third-order valence-corrected chi connectivity index (χ3v) is 1.71. The molecule has 0 aliphatic heterocycles. The van der Waals surface area contributed by atoms with Crippen molar-refractivity contribution in [2.24, 2.45) is 0 Å². The van der Waals surface area contributed by atoms with Crippen LogP contribution >= 0.6 is 0 Å². The van der Waals surface area contributed by atoms with Gasteiger partial charge in [0, 0.05) is 29.6 Å². The number of hydrogen-bond donors (Lipinski definition) is 0. The van der Waals surface area contributed by atoms with E-state index < -0.39 is 0 Å². The predicted octanol–water partition coefficient (Wildman–Crippen LogP) is 3.38. The molecule has 0 amide bonds. The molecule has 1 heteroatoms. The monoisotopic (exact) mass is 151 g/mol. The van der Waals surface area contributed by atoms with Crippen molar-refractivity contribution in [2.75, 3.05) is 0 Å². The Balaban J connectivity index is 0. The van der Waals surface area contributed by atoms with Gasteiger partial charge in [0.1, 0.15) is 0 Å². The van der Waals surface area contributed by atoms with Crippen molar-refractivity contribution in [1.29, 1.82) is 0 Å². The summed E-state index contributed by atoms with van der Waals surface area (Å²) in [5, 5.41) is 0. The van der Waals surface area contributed by atoms with Crippen LogP contribution in [0.5, 0.6) is 0 Å². The van der Waals surface area contributed by atoms with Crippen LogP contribution in [0.25, 0.3) is 0 Å². The van der Waals surface area contributed by atoms with Crippen LogP contribution in [-0.2, 0) is 0 Å². The average Bonchev–Trinajstić information content (AvgIpc) is 1.89. The molecule has 10 heavy (non-hydrogen) atoms.